The van der Waals surface area contributed by atoms with Crippen LogP contribution < -0.4 is 4.90 Å². The van der Waals surface area contributed by atoms with E-state index in [1.54, 1.807) is 0 Å². The first kappa shape index (κ1) is 8.66. The fourth-order valence-corrected chi connectivity index (χ4v) is 3.02. The summed E-state index contributed by atoms with van der Waals surface area (Å²) in [5.74, 6) is 0. The summed E-state index contributed by atoms with van der Waals surface area (Å²) in [6, 6.07) is 6.71. The molecule has 0 saturated carbocycles. The van der Waals surface area contributed by atoms with Crippen LogP contribution in [0.2, 0.25) is 0 Å². The summed E-state index contributed by atoms with van der Waals surface area (Å²) in [5.41, 5.74) is 4.49. The van der Waals surface area contributed by atoms with E-state index in [9.17, 15) is 0 Å². The maximum Gasteiger partial charge on any atom is 0.0442 e. The fraction of sp³-hybridized carbons (Fsp3) is 0.500. The average molecular weight is 205 g/mol. The number of anilines is 1. The van der Waals surface area contributed by atoms with Gasteiger partial charge in [-0.2, -0.15) is 12.6 Å². The summed E-state index contributed by atoms with van der Waals surface area (Å²) in [5, 5.41) is 0.458. The molecule has 74 valence electrons. The van der Waals surface area contributed by atoms with Crippen LogP contribution >= 0.6 is 12.6 Å². The third kappa shape index (κ3) is 1.17. The maximum atomic E-state index is 4.66. The van der Waals surface area contributed by atoms with E-state index in [2.05, 4.69) is 35.7 Å². The van der Waals surface area contributed by atoms with Crippen molar-refractivity contribution in [2.75, 3.05) is 18.0 Å². The second-order valence-corrected chi connectivity index (χ2v) is 4.87. The number of thiol groups is 1. The van der Waals surface area contributed by atoms with E-state index in [1.807, 2.05) is 0 Å². The van der Waals surface area contributed by atoms with Crippen molar-refractivity contribution in [3.05, 3.63) is 29.3 Å². The minimum Gasteiger partial charge on any atom is -0.371 e. The molecule has 2 heteroatoms. The highest BCUT2D eigenvalue weighted by molar-refractivity contribution is 7.80. The van der Waals surface area contributed by atoms with Gasteiger partial charge in [0.2, 0.25) is 0 Å². The van der Waals surface area contributed by atoms with Gasteiger partial charge in [0.1, 0.15) is 0 Å². The number of rotatable bonds is 0. The molecule has 1 atom stereocenters. The monoisotopic (exact) mass is 205 g/mol. The largest absolute Gasteiger partial charge is 0.371 e. The molecular formula is C12H15NS. The zero-order chi connectivity index (χ0) is 9.54. The highest BCUT2D eigenvalue weighted by Gasteiger charge is 2.26. The molecule has 1 aromatic carbocycles. The maximum absolute atomic E-state index is 4.66. The Bertz CT molecular complexity index is 361. The summed E-state index contributed by atoms with van der Waals surface area (Å²) in [7, 11) is 0. The number of nitrogens with zero attached hydrogens (tertiary/aromatic N) is 1. The first-order chi connectivity index (χ1) is 6.86. The predicted molar refractivity (Wildman–Crippen MR) is 63.3 cm³/mol. The predicted octanol–water partition coefficient (Wildman–Crippen LogP) is 2.81. The molecule has 2 aliphatic rings. The Hall–Kier alpha value is -0.630. The number of benzene rings is 1. The van der Waals surface area contributed by atoms with Crippen LogP contribution in [0.15, 0.2) is 18.2 Å². The highest BCUT2D eigenvalue weighted by Crippen LogP contribution is 2.41. The molecule has 14 heavy (non-hydrogen) atoms. The minimum atomic E-state index is 0.458. The van der Waals surface area contributed by atoms with Crippen molar-refractivity contribution in [3.8, 4) is 0 Å². The Kier molecular flexibility index (Phi) is 1.98. The topological polar surface area (TPSA) is 3.24 Å². The lowest BCUT2D eigenvalue weighted by Crippen LogP contribution is -2.34. The van der Waals surface area contributed by atoms with Crippen molar-refractivity contribution >= 4 is 18.3 Å². The van der Waals surface area contributed by atoms with Crippen molar-refractivity contribution in [3.63, 3.8) is 0 Å². The standard InChI is InChI=1S/C12H15NS/c14-11-6-8-13-7-2-4-9-3-1-5-10(11)12(9)13/h1,3,5,11,14H,2,4,6-8H2. The molecule has 0 bridgehead atoms. The fourth-order valence-electron chi connectivity index (χ4n) is 2.70. The van der Waals surface area contributed by atoms with E-state index in [0.29, 0.717) is 5.25 Å². The Morgan fingerprint density at radius 3 is 3.14 bits per heavy atom. The molecule has 1 unspecified atom stereocenters. The van der Waals surface area contributed by atoms with Crippen LogP contribution in [0.5, 0.6) is 0 Å². The van der Waals surface area contributed by atoms with Gasteiger partial charge in [-0.1, -0.05) is 18.2 Å². The molecule has 0 spiro atoms. The lowest BCUT2D eigenvalue weighted by Gasteiger charge is -2.38. The number of aryl methyl sites for hydroxylation is 1. The van der Waals surface area contributed by atoms with E-state index in [1.165, 1.54) is 49.2 Å². The molecular weight excluding hydrogens is 190 g/mol. The van der Waals surface area contributed by atoms with Crippen molar-refractivity contribution in [2.24, 2.45) is 0 Å². The molecule has 0 aromatic heterocycles. The van der Waals surface area contributed by atoms with Crippen LogP contribution in [0.3, 0.4) is 0 Å². The van der Waals surface area contributed by atoms with E-state index in [4.69, 9.17) is 0 Å². The van der Waals surface area contributed by atoms with Crippen molar-refractivity contribution in [2.45, 2.75) is 24.5 Å². The average Bonchev–Trinajstić information content (AvgIpc) is 2.24. The second-order valence-electron chi connectivity index (χ2n) is 4.25. The SMILES string of the molecule is SC1CCN2CCCc3cccc1c32. The van der Waals surface area contributed by atoms with Crippen LogP contribution in [0, 0.1) is 0 Å². The van der Waals surface area contributed by atoms with Gasteiger partial charge >= 0.3 is 0 Å². The number of hydrogen-bond acceptors (Lipinski definition) is 2. The minimum absolute atomic E-state index is 0.458. The first-order valence-corrected chi connectivity index (χ1v) is 5.93. The molecule has 0 radical (unpaired) electrons. The normalized spacial score (nSPS) is 24.6. The summed E-state index contributed by atoms with van der Waals surface area (Å²) >= 11 is 4.66. The van der Waals surface area contributed by atoms with Crippen LogP contribution in [-0.2, 0) is 6.42 Å². The molecule has 0 fully saturated rings. The second kappa shape index (κ2) is 3.20. The smallest absolute Gasteiger partial charge is 0.0442 e. The Balaban J connectivity index is 2.19. The molecule has 2 aliphatic heterocycles. The first-order valence-electron chi connectivity index (χ1n) is 5.41. The molecule has 0 N–H and O–H groups in total. The third-order valence-electron chi connectivity index (χ3n) is 3.37. The molecule has 3 rings (SSSR count). The molecule has 1 aromatic rings. The summed E-state index contributed by atoms with van der Waals surface area (Å²) in [6.45, 7) is 2.43. The zero-order valence-electron chi connectivity index (χ0n) is 8.24. The van der Waals surface area contributed by atoms with Crippen LogP contribution in [0.25, 0.3) is 0 Å². The highest BCUT2D eigenvalue weighted by atomic mass is 32.1. The quantitative estimate of drug-likeness (QED) is 0.637. The lowest BCUT2D eigenvalue weighted by atomic mass is 9.92. The van der Waals surface area contributed by atoms with E-state index >= 15 is 0 Å². The van der Waals surface area contributed by atoms with E-state index in [0.717, 1.165) is 0 Å². The van der Waals surface area contributed by atoms with Gasteiger partial charge in [-0.05, 0) is 30.4 Å². The summed E-state index contributed by atoms with van der Waals surface area (Å²) in [6.07, 6.45) is 3.76. The van der Waals surface area contributed by atoms with Crippen molar-refractivity contribution in [1.82, 2.24) is 0 Å². The van der Waals surface area contributed by atoms with Gasteiger partial charge in [0.25, 0.3) is 0 Å². The molecule has 0 aliphatic carbocycles. The van der Waals surface area contributed by atoms with Gasteiger partial charge < -0.3 is 4.90 Å². The number of hydrogen-bond donors (Lipinski definition) is 1. The van der Waals surface area contributed by atoms with E-state index < -0.39 is 0 Å². The molecule has 2 heterocycles. The van der Waals surface area contributed by atoms with E-state index in [-0.39, 0.29) is 0 Å². The Morgan fingerprint density at radius 1 is 1.29 bits per heavy atom. The van der Waals surface area contributed by atoms with Crippen LogP contribution in [0.1, 0.15) is 29.2 Å². The Labute approximate surface area is 90.5 Å². The van der Waals surface area contributed by atoms with Crippen LogP contribution in [0.4, 0.5) is 5.69 Å². The number of para-hydroxylation sites is 1. The van der Waals surface area contributed by atoms with Gasteiger partial charge in [0.15, 0.2) is 0 Å². The third-order valence-corrected chi connectivity index (χ3v) is 3.91. The zero-order valence-corrected chi connectivity index (χ0v) is 9.13. The van der Waals surface area contributed by atoms with Gasteiger partial charge in [-0.25, -0.2) is 0 Å². The summed E-state index contributed by atoms with van der Waals surface area (Å²) in [4.78, 5) is 2.54. The van der Waals surface area contributed by atoms with Crippen molar-refractivity contribution in [1.29, 1.82) is 0 Å². The summed E-state index contributed by atoms with van der Waals surface area (Å²) < 4.78 is 0. The van der Waals surface area contributed by atoms with Crippen molar-refractivity contribution < 1.29 is 0 Å². The van der Waals surface area contributed by atoms with Gasteiger partial charge in [0, 0.05) is 24.0 Å². The Morgan fingerprint density at radius 2 is 2.21 bits per heavy atom. The molecule has 1 nitrogen and oxygen atoms in total. The van der Waals surface area contributed by atoms with Gasteiger partial charge in [0.05, 0.1) is 0 Å². The molecule has 0 amide bonds. The van der Waals surface area contributed by atoms with Gasteiger partial charge in [-0.15, -0.1) is 0 Å². The molecule has 0 saturated heterocycles. The lowest BCUT2D eigenvalue weighted by molar-refractivity contribution is 0.630. The van der Waals surface area contributed by atoms with Crippen LogP contribution in [-0.4, -0.2) is 13.1 Å². The van der Waals surface area contributed by atoms with Gasteiger partial charge in [-0.3, -0.25) is 0 Å².